The van der Waals surface area contributed by atoms with E-state index in [4.69, 9.17) is 5.73 Å². The summed E-state index contributed by atoms with van der Waals surface area (Å²) in [5, 5.41) is 14.2. The Labute approximate surface area is 162 Å². The molecule has 28 heavy (non-hydrogen) atoms. The van der Waals surface area contributed by atoms with Gasteiger partial charge in [0.05, 0.1) is 11.4 Å². The van der Waals surface area contributed by atoms with Crippen LogP contribution in [0.1, 0.15) is 21.5 Å². The van der Waals surface area contributed by atoms with Crippen molar-refractivity contribution in [2.75, 3.05) is 11.1 Å². The second-order valence-electron chi connectivity index (χ2n) is 6.22. The largest absolute Gasteiger partial charge is 0.530 e. The van der Waals surface area contributed by atoms with Crippen LogP contribution in [0.3, 0.4) is 0 Å². The smallest absolute Gasteiger partial charge is 0.255 e. The summed E-state index contributed by atoms with van der Waals surface area (Å²) in [6.07, 6.45) is 1.96. The van der Waals surface area contributed by atoms with E-state index in [2.05, 4.69) is 10.3 Å². The average Bonchev–Trinajstić information content (AvgIpc) is 2.70. The maximum Gasteiger partial charge on any atom is 0.255 e. The van der Waals surface area contributed by atoms with Crippen molar-refractivity contribution < 1.29 is 14.7 Å². The van der Waals surface area contributed by atoms with Crippen molar-refractivity contribution in [2.45, 2.75) is 13.1 Å². The molecule has 0 aliphatic carbocycles. The Balaban J connectivity index is 1.66. The summed E-state index contributed by atoms with van der Waals surface area (Å²) in [5.41, 5.74) is 8.80. The van der Waals surface area contributed by atoms with Crippen molar-refractivity contribution >= 4 is 23.4 Å². The van der Waals surface area contributed by atoms with Gasteiger partial charge in [0.25, 0.3) is 5.91 Å². The highest BCUT2D eigenvalue weighted by molar-refractivity contribution is 6.05. The van der Waals surface area contributed by atoms with Gasteiger partial charge in [0.2, 0.25) is 0 Å². The highest BCUT2D eigenvalue weighted by atomic mass is 16.4. The van der Waals surface area contributed by atoms with E-state index in [0.717, 1.165) is 11.1 Å². The second kappa shape index (κ2) is 8.68. The maximum absolute atomic E-state index is 12.4. The van der Waals surface area contributed by atoms with Gasteiger partial charge in [0.15, 0.2) is 0 Å². The number of benzene rings is 2. The Kier molecular flexibility index (Phi) is 5.86. The molecule has 1 heterocycles. The number of pyridine rings is 1. The summed E-state index contributed by atoms with van der Waals surface area (Å²) in [4.78, 5) is 29.0. The van der Waals surface area contributed by atoms with Crippen molar-refractivity contribution in [1.29, 1.82) is 0 Å². The van der Waals surface area contributed by atoms with Gasteiger partial charge in [-0.2, -0.15) is 0 Å². The Morgan fingerprint density at radius 2 is 1.68 bits per heavy atom. The van der Waals surface area contributed by atoms with E-state index < -0.39 is 6.09 Å². The lowest BCUT2D eigenvalue weighted by Crippen LogP contribution is -2.40. The molecule has 0 fully saturated rings. The zero-order chi connectivity index (χ0) is 19.9. The number of carbonyl (C=O) groups is 2. The Bertz CT molecular complexity index is 959. The standard InChI is InChI=1S/C21H20N4O3/c22-18-5-1-2-6-19(18)24-20(26)17-9-7-15(8-10-17)13-25(21(27)28)14-16-4-3-11-23-12-16/h1-12H,13-14,22H2,(H,24,26)(H,27,28)/p-1. The van der Waals surface area contributed by atoms with E-state index in [1.807, 2.05) is 0 Å². The van der Waals surface area contributed by atoms with E-state index >= 15 is 0 Å². The Hall–Kier alpha value is -3.87. The Morgan fingerprint density at radius 3 is 2.32 bits per heavy atom. The zero-order valence-electron chi connectivity index (χ0n) is 15.0. The fourth-order valence-corrected chi connectivity index (χ4v) is 2.68. The predicted octanol–water partition coefficient (Wildman–Crippen LogP) is 2.26. The number of hydrogen-bond donors (Lipinski definition) is 2. The van der Waals surface area contributed by atoms with Crippen LogP contribution in [-0.2, 0) is 13.1 Å². The van der Waals surface area contributed by atoms with Crippen LogP contribution in [0.5, 0.6) is 0 Å². The van der Waals surface area contributed by atoms with Crippen molar-refractivity contribution in [3.63, 3.8) is 0 Å². The first-order chi connectivity index (χ1) is 13.5. The van der Waals surface area contributed by atoms with Gasteiger partial charge in [0, 0.05) is 31.0 Å². The molecule has 0 spiro atoms. The first-order valence-electron chi connectivity index (χ1n) is 8.62. The highest BCUT2D eigenvalue weighted by Crippen LogP contribution is 2.18. The summed E-state index contributed by atoms with van der Waals surface area (Å²) in [7, 11) is 0. The molecule has 0 aliphatic heterocycles. The number of carbonyl (C=O) groups excluding carboxylic acids is 2. The number of nitrogens with two attached hydrogens (primary N) is 1. The zero-order valence-corrected chi connectivity index (χ0v) is 15.0. The number of amides is 2. The van der Waals surface area contributed by atoms with Gasteiger partial charge in [0.1, 0.15) is 6.09 Å². The average molecular weight is 375 g/mol. The van der Waals surface area contributed by atoms with Crippen molar-refractivity contribution in [2.24, 2.45) is 0 Å². The third-order valence-corrected chi connectivity index (χ3v) is 4.15. The van der Waals surface area contributed by atoms with E-state index in [1.54, 1.807) is 73.1 Å². The van der Waals surface area contributed by atoms with Gasteiger partial charge in [-0.05, 0) is 41.5 Å². The summed E-state index contributed by atoms with van der Waals surface area (Å²) in [5.74, 6) is -0.295. The van der Waals surface area contributed by atoms with E-state index in [-0.39, 0.29) is 19.0 Å². The molecule has 142 valence electrons. The number of nitrogens with one attached hydrogen (secondary N) is 1. The van der Waals surface area contributed by atoms with Gasteiger partial charge in [-0.15, -0.1) is 0 Å². The molecular formula is C21H19N4O3-. The molecule has 0 bridgehead atoms. The summed E-state index contributed by atoms with van der Waals surface area (Å²) in [6.45, 7) is 0.316. The molecule has 0 radical (unpaired) electrons. The van der Waals surface area contributed by atoms with Crippen LogP contribution < -0.4 is 16.2 Å². The number of para-hydroxylation sites is 2. The molecule has 0 atom stereocenters. The quantitative estimate of drug-likeness (QED) is 0.642. The number of nitrogens with zero attached hydrogens (tertiary/aromatic N) is 2. The van der Waals surface area contributed by atoms with Gasteiger partial charge in [-0.25, -0.2) is 0 Å². The first-order valence-corrected chi connectivity index (χ1v) is 8.62. The van der Waals surface area contributed by atoms with Gasteiger partial charge in [-0.3, -0.25) is 9.78 Å². The lowest BCUT2D eigenvalue weighted by Gasteiger charge is -2.25. The van der Waals surface area contributed by atoms with Crippen LogP contribution in [0.25, 0.3) is 0 Å². The van der Waals surface area contributed by atoms with Crippen LogP contribution in [-0.4, -0.2) is 21.9 Å². The van der Waals surface area contributed by atoms with Gasteiger partial charge < -0.3 is 25.9 Å². The molecule has 7 heteroatoms. The minimum Gasteiger partial charge on any atom is -0.530 e. The van der Waals surface area contributed by atoms with Crippen LogP contribution in [0.2, 0.25) is 0 Å². The molecule has 0 aliphatic rings. The minimum absolute atomic E-state index is 0.144. The fourth-order valence-electron chi connectivity index (χ4n) is 2.68. The number of nitrogen functional groups attached to an aromatic ring is 1. The fraction of sp³-hybridized carbons (Fsp3) is 0.0952. The number of aromatic nitrogens is 1. The molecule has 2 amide bonds. The molecule has 2 aromatic carbocycles. The van der Waals surface area contributed by atoms with Gasteiger partial charge in [-0.1, -0.05) is 30.3 Å². The van der Waals surface area contributed by atoms with Crippen LogP contribution >= 0.6 is 0 Å². The first kappa shape index (κ1) is 18.9. The van der Waals surface area contributed by atoms with Crippen LogP contribution in [0, 0.1) is 0 Å². The molecule has 0 saturated heterocycles. The number of carboxylic acid groups (broad SMARTS) is 1. The van der Waals surface area contributed by atoms with Gasteiger partial charge >= 0.3 is 0 Å². The minimum atomic E-state index is -1.27. The molecule has 3 rings (SSSR count). The second-order valence-corrected chi connectivity index (χ2v) is 6.22. The van der Waals surface area contributed by atoms with E-state index in [1.165, 1.54) is 4.90 Å². The third-order valence-electron chi connectivity index (χ3n) is 4.15. The summed E-state index contributed by atoms with van der Waals surface area (Å²) >= 11 is 0. The molecule has 0 saturated carbocycles. The van der Waals surface area contributed by atoms with Crippen molar-refractivity contribution in [3.8, 4) is 0 Å². The predicted molar refractivity (Wildman–Crippen MR) is 104 cm³/mol. The number of hydrogen-bond acceptors (Lipinski definition) is 5. The molecule has 3 N–H and O–H groups in total. The monoisotopic (exact) mass is 375 g/mol. The molecule has 3 aromatic rings. The summed E-state index contributed by atoms with van der Waals surface area (Å²) in [6, 6.07) is 17.2. The molecule has 0 unspecified atom stereocenters. The molecular weight excluding hydrogens is 356 g/mol. The maximum atomic E-state index is 12.4. The molecule has 7 nitrogen and oxygen atoms in total. The summed E-state index contributed by atoms with van der Waals surface area (Å²) < 4.78 is 0. The normalized spacial score (nSPS) is 10.3. The lowest BCUT2D eigenvalue weighted by atomic mass is 10.1. The van der Waals surface area contributed by atoms with Crippen LogP contribution in [0.4, 0.5) is 16.2 Å². The Morgan fingerprint density at radius 1 is 0.964 bits per heavy atom. The lowest BCUT2D eigenvalue weighted by molar-refractivity contribution is -0.267. The number of rotatable bonds is 6. The SMILES string of the molecule is Nc1ccccc1NC(=O)c1ccc(CN(Cc2cccnc2)C(=O)[O-])cc1. The van der Waals surface area contributed by atoms with E-state index in [0.29, 0.717) is 16.9 Å². The third kappa shape index (κ3) is 4.85. The molecule has 1 aromatic heterocycles. The highest BCUT2D eigenvalue weighted by Gasteiger charge is 2.10. The number of anilines is 2. The van der Waals surface area contributed by atoms with E-state index in [9.17, 15) is 14.7 Å². The van der Waals surface area contributed by atoms with Crippen LogP contribution in [0.15, 0.2) is 73.1 Å². The van der Waals surface area contributed by atoms with Crippen molar-refractivity contribution in [1.82, 2.24) is 9.88 Å². The van der Waals surface area contributed by atoms with Crippen molar-refractivity contribution in [3.05, 3.63) is 89.7 Å². The topological polar surface area (TPSA) is 111 Å².